The van der Waals surface area contributed by atoms with Gasteiger partial charge in [0.25, 0.3) is 6.35 Å². The Balaban J connectivity index is 0.00000225. The van der Waals surface area contributed by atoms with Gasteiger partial charge in [-0.15, -0.1) is 0 Å². The minimum atomic E-state index is -3.96. The maximum absolute atomic E-state index is 11.4. The summed E-state index contributed by atoms with van der Waals surface area (Å²) in [7, 11) is -6.82. The van der Waals surface area contributed by atoms with E-state index >= 15 is 0 Å². The SMILES string of the molecule is Cc1ccc(S(=O)(=O)OC[P+](=O)[O-])cc1.[Na+]. The van der Waals surface area contributed by atoms with Crippen LogP contribution in [0.2, 0.25) is 0 Å². The normalized spacial score (nSPS) is 11.8. The Morgan fingerprint density at radius 3 is 2.25 bits per heavy atom. The zero-order chi connectivity index (χ0) is 11.5. The Morgan fingerprint density at radius 1 is 1.31 bits per heavy atom. The number of hydrogen-bond donors (Lipinski definition) is 0. The zero-order valence-electron chi connectivity index (χ0n) is 8.91. The second kappa shape index (κ2) is 6.81. The first kappa shape index (κ1) is 16.2. The van der Waals surface area contributed by atoms with Crippen LogP contribution in [0.1, 0.15) is 5.56 Å². The molecule has 1 atom stereocenters. The second-order valence-electron chi connectivity index (χ2n) is 2.85. The average molecular weight is 271 g/mol. The van der Waals surface area contributed by atoms with E-state index in [1.807, 2.05) is 6.92 Å². The fraction of sp³-hybridized carbons (Fsp3) is 0.250. The number of rotatable bonds is 4. The topological polar surface area (TPSA) is 83.5 Å². The van der Waals surface area contributed by atoms with Crippen molar-refractivity contribution in [3.8, 4) is 0 Å². The third kappa shape index (κ3) is 5.01. The molecule has 1 aromatic carbocycles. The van der Waals surface area contributed by atoms with Gasteiger partial charge in [-0.3, -0.25) is 0 Å². The Morgan fingerprint density at radius 2 is 1.81 bits per heavy atom. The van der Waals surface area contributed by atoms with E-state index in [2.05, 4.69) is 4.18 Å². The van der Waals surface area contributed by atoms with Crippen LogP contribution in [0.5, 0.6) is 0 Å². The van der Waals surface area contributed by atoms with Crippen molar-refractivity contribution < 1.29 is 51.6 Å². The van der Waals surface area contributed by atoms with Crippen molar-refractivity contribution in [2.45, 2.75) is 11.8 Å². The Kier molecular flexibility index (Phi) is 6.89. The molecule has 1 rings (SSSR count). The molecule has 0 saturated heterocycles. The monoisotopic (exact) mass is 271 g/mol. The van der Waals surface area contributed by atoms with E-state index < -0.39 is 24.5 Å². The van der Waals surface area contributed by atoms with Gasteiger partial charge in [-0.25, -0.2) is 4.18 Å². The Bertz CT molecular complexity index is 456. The molecule has 5 nitrogen and oxygen atoms in total. The molecule has 0 aromatic heterocycles. The summed E-state index contributed by atoms with van der Waals surface area (Å²) >= 11 is 0. The standard InChI is InChI=1S/C8H9O5PS.Na/c1-7-2-4-8(5-3-7)15(11,12)13-6-14(9)10;/h2-5H,6H2,1H3;/q;+1. The summed E-state index contributed by atoms with van der Waals surface area (Å²) in [5.41, 5.74) is 0.906. The first-order valence-electron chi connectivity index (χ1n) is 4.00. The predicted molar refractivity (Wildman–Crippen MR) is 51.9 cm³/mol. The van der Waals surface area contributed by atoms with Crippen molar-refractivity contribution in [3.63, 3.8) is 0 Å². The van der Waals surface area contributed by atoms with Crippen molar-refractivity contribution in [2.75, 3.05) is 6.35 Å². The van der Waals surface area contributed by atoms with Crippen LogP contribution in [0.15, 0.2) is 29.2 Å². The molecule has 0 N–H and O–H groups in total. The molecule has 0 saturated carbocycles. The molecule has 0 spiro atoms. The van der Waals surface area contributed by atoms with Gasteiger partial charge in [0.1, 0.15) is 0 Å². The molecule has 0 aliphatic heterocycles. The van der Waals surface area contributed by atoms with E-state index in [-0.39, 0.29) is 34.5 Å². The molecule has 1 aromatic rings. The van der Waals surface area contributed by atoms with Crippen molar-refractivity contribution in [2.24, 2.45) is 0 Å². The van der Waals surface area contributed by atoms with E-state index in [1.165, 1.54) is 12.1 Å². The van der Waals surface area contributed by atoms with Crippen molar-refractivity contribution >= 4 is 18.1 Å². The summed E-state index contributed by atoms with van der Waals surface area (Å²) in [5, 5.41) is 0. The molecule has 0 radical (unpaired) electrons. The van der Waals surface area contributed by atoms with Crippen LogP contribution >= 0.6 is 8.03 Å². The number of aryl methyl sites for hydroxylation is 1. The number of hydrogen-bond acceptors (Lipinski definition) is 5. The molecule has 0 bridgehead atoms. The summed E-state index contributed by atoms with van der Waals surface area (Å²) < 4.78 is 37.2. The molecule has 82 valence electrons. The van der Waals surface area contributed by atoms with Crippen LogP contribution in [-0.4, -0.2) is 14.8 Å². The van der Waals surface area contributed by atoms with Gasteiger partial charge in [0, 0.05) is 0 Å². The summed E-state index contributed by atoms with van der Waals surface area (Å²) in [6.07, 6.45) is -0.828. The van der Waals surface area contributed by atoms with Crippen LogP contribution in [0, 0.1) is 6.92 Å². The molecule has 1 unspecified atom stereocenters. The molecule has 0 aliphatic carbocycles. The smallest absolute Gasteiger partial charge is 0.594 e. The quantitative estimate of drug-likeness (QED) is 0.351. The fourth-order valence-corrected chi connectivity index (χ4v) is 2.39. The summed E-state index contributed by atoms with van der Waals surface area (Å²) in [6.45, 7) is 1.81. The maximum atomic E-state index is 11.4. The van der Waals surface area contributed by atoms with E-state index in [9.17, 15) is 17.9 Å². The Labute approximate surface area is 117 Å². The molecule has 8 heteroatoms. The Hall–Kier alpha value is 0.190. The van der Waals surface area contributed by atoms with Crippen molar-refractivity contribution in [3.05, 3.63) is 29.8 Å². The second-order valence-corrected chi connectivity index (χ2v) is 5.39. The van der Waals surface area contributed by atoms with E-state index in [0.29, 0.717) is 0 Å². The number of benzene rings is 1. The summed E-state index contributed by atoms with van der Waals surface area (Å²) in [5.74, 6) is 0. The van der Waals surface area contributed by atoms with Gasteiger partial charge in [0.15, 0.2) is 0 Å². The van der Waals surface area contributed by atoms with E-state index in [1.54, 1.807) is 12.1 Å². The van der Waals surface area contributed by atoms with Crippen LogP contribution in [-0.2, 0) is 18.9 Å². The molecular formula is C8H9NaO5PS+. The van der Waals surface area contributed by atoms with Gasteiger partial charge in [-0.2, -0.15) is 8.42 Å². The van der Waals surface area contributed by atoms with Gasteiger partial charge >= 0.3 is 47.7 Å². The minimum Gasteiger partial charge on any atom is -0.594 e. The predicted octanol–water partition coefficient (Wildman–Crippen LogP) is -2.24. The van der Waals surface area contributed by atoms with Gasteiger partial charge in [-0.05, 0) is 19.1 Å². The first-order chi connectivity index (χ1) is 6.92. The van der Waals surface area contributed by atoms with E-state index in [0.717, 1.165) is 5.56 Å². The summed E-state index contributed by atoms with van der Waals surface area (Å²) in [4.78, 5) is 10.1. The fourth-order valence-electron chi connectivity index (χ4n) is 0.885. The maximum Gasteiger partial charge on any atom is 1.00 e. The largest absolute Gasteiger partial charge is 1.00 e. The van der Waals surface area contributed by atoms with Crippen molar-refractivity contribution in [1.29, 1.82) is 0 Å². The van der Waals surface area contributed by atoms with Gasteiger partial charge in [0.2, 0.25) is 0 Å². The molecule has 0 fully saturated rings. The molecule has 0 heterocycles. The van der Waals surface area contributed by atoms with Crippen LogP contribution in [0.3, 0.4) is 0 Å². The first-order valence-corrected chi connectivity index (χ1v) is 6.77. The van der Waals surface area contributed by atoms with Gasteiger partial charge < -0.3 is 4.89 Å². The molecule has 0 amide bonds. The molecular weight excluding hydrogens is 262 g/mol. The van der Waals surface area contributed by atoms with Crippen molar-refractivity contribution in [1.82, 2.24) is 0 Å². The minimum absolute atomic E-state index is 0. The van der Waals surface area contributed by atoms with Crippen LogP contribution in [0.25, 0.3) is 0 Å². The third-order valence-corrected chi connectivity index (χ3v) is 3.42. The molecule has 16 heavy (non-hydrogen) atoms. The summed E-state index contributed by atoms with van der Waals surface area (Å²) in [6, 6.07) is 5.94. The molecule has 0 aliphatic rings. The van der Waals surface area contributed by atoms with Gasteiger partial charge in [-0.1, -0.05) is 22.3 Å². The van der Waals surface area contributed by atoms with Crippen LogP contribution < -0.4 is 34.5 Å². The zero-order valence-corrected chi connectivity index (χ0v) is 12.6. The van der Waals surface area contributed by atoms with E-state index in [4.69, 9.17) is 0 Å². The van der Waals surface area contributed by atoms with Crippen LogP contribution in [0.4, 0.5) is 0 Å². The third-order valence-electron chi connectivity index (χ3n) is 1.62. The average Bonchev–Trinajstić information content (AvgIpc) is 2.16. The van der Waals surface area contributed by atoms with Gasteiger partial charge in [0.05, 0.1) is 4.90 Å².